The molecule has 0 saturated carbocycles. The summed E-state index contributed by atoms with van der Waals surface area (Å²) in [6.45, 7) is 0. The normalized spacial score (nSPS) is 14.9. The number of nitrogens with zero attached hydrogens (tertiary/aromatic N) is 2. The minimum Gasteiger partial charge on any atom is -1.00 e. The smallest absolute Gasteiger partial charge is 0.212 e. The van der Waals surface area contributed by atoms with Gasteiger partial charge in [-0.2, -0.15) is 4.57 Å². The van der Waals surface area contributed by atoms with Crippen molar-refractivity contribution in [1.29, 1.82) is 0 Å². The van der Waals surface area contributed by atoms with Crippen molar-refractivity contribution in [1.82, 2.24) is 0 Å². The van der Waals surface area contributed by atoms with Gasteiger partial charge in [0.05, 0.1) is 10.7 Å². The van der Waals surface area contributed by atoms with Gasteiger partial charge in [-0.15, -0.1) is 0 Å². The Morgan fingerprint density at radius 1 is 0.957 bits per heavy atom. The minimum absolute atomic E-state index is 0. The van der Waals surface area contributed by atoms with Gasteiger partial charge < -0.3 is 28.9 Å². The van der Waals surface area contributed by atoms with Crippen LogP contribution in [0.1, 0.15) is 5.69 Å². The van der Waals surface area contributed by atoms with Crippen molar-refractivity contribution in [3.63, 3.8) is 0 Å². The van der Waals surface area contributed by atoms with Gasteiger partial charge in [0.25, 0.3) is 0 Å². The van der Waals surface area contributed by atoms with Gasteiger partial charge in [0.1, 0.15) is 7.05 Å². The van der Waals surface area contributed by atoms with Crippen LogP contribution in [0, 0.1) is 0 Å². The summed E-state index contributed by atoms with van der Waals surface area (Å²) < 4.78 is 2.25. The first-order valence-corrected chi connectivity index (χ1v) is 8.16. The minimum atomic E-state index is 0. The summed E-state index contributed by atoms with van der Waals surface area (Å²) in [5, 5.41) is 2.52. The number of hydrogen-bond donors (Lipinski definition) is 0. The maximum absolute atomic E-state index is 2.26. The van der Waals surface area contributed by atoms with Crippen LogP contribution in [-0.4, -0.2) is 7.05 Å². The molecular weight excluding hydrogens is 415 g/mol. The van der Waals surface area contributed by atoms with Gasteiger partial charge in [-0.1, -0.05) is 36.0 Å². The molecule has 23 heavy (non-hydrogen) atoms. The molecule has 0 radical (unpaired) electrons. The molecule has 1 aliphatic heterocycles. The zero-order valence-electron chi connectivity index (χ0n) is 13.0. The van der Waals surface area contributed by atoms with Crippen molar-refractivity contribution in [2.45, 2.75) is 4.90 Å². The fourth-order valence-corrected chi connectivity index (χ4v) is 3.97. The predicted molar refractivity (Wildman–Crippen MR) is 93.8 cm³/mol. The lowest BCUT2D eigenvalue weighted by molar-refractivity contribution is -0.646. The van der Waals surface area contributed by atoms with E-state index in [0.29, 0.717) is 0 Å². The molecule has 0 spiro atoms. The van der Waals surface area contributed by atoms with Crippen molar-refractivity contribution >= 4 is 34.4 Å². The van der Waals surface area contributed by atoms with Gasteiger partial charge >= 0.3 is 0 Å². The summed E-state index contributed by atoms with van der Waals surface area (Å²) in [6.07, 6.45) is 2.26. The van der Waals surface area contributed by atoms with Crippen LogP contribution in [0.25, 0.3) is 17.0 Å². The number of halogens is 1. The number of hydrogen-bond acceptors (Lipinski definition) is 2. The second-order valence-electron chi connectivity index (χ2n) is 5.49. The molecule has 0 unspecified atom stereocenters. The van der Waals surface area contributed by atoms with Gasteiger partial charge in [-0.05, 0) is 24.3 Å². The van der Waals surface area contributed by atoms with Crippen LogP contribution in [0.15, 0.2) is 70.6 Å². The van der Waals surface area contributed by atoms with Crippen LogP contribution in [-0.2, 0) is 7.05 Å². The van der Waals surface area contributed by atoms with E-state index < -0.39 is 0 Å². The molecule has 4 rings (SSSR count). The fourth-order valence-electron chi connectivity index (χ4n) is 2.88. The summed E-state index contributed by atoms with van der Waals surface area (Å²) in [6, 6.07) is 21.4. The van der Waals surface area contributed by atoms with Crippen molar-refractivity contribution in [3.8, 4) is 0 Å². The molecule has 2 heterocycles. The number of aryl methyl sites for hydroxylation is 1. The van der Waals surface area contributed by atoms with Crippen LogP contribution in [0.4, 0.5) is 5.69 Å². The lowest BCUT2D eigenvalue weighted by atomic mass is 10.2. The third kappa shape index (κ3) is 2.85. The predicted octanol–water partition coefficient (Wildman–Crippen LogP) is 1.21. The molecule has 0 atom stereocenters. The summed E-state index contributed by atoms with van der Waals surface area (Å²) in [5.41, 5.74) is 3.74. The number of aromatic nitrogens is 1. The summed E-state index contributed by atoms with van der Waals surface area (Å²) in [4.78, 5) is 3.58. The summed E-state index contributed by atoms with van der Waals surface area (Å²) >= 11 is 1.83. The third-order valence-corrected chi connectivity index (χ3v) is 5.33. The average molecular weight is 432 g/mol. The molecule has 0 aliphatic carbocycles. The Hall–Kier alpha value is -1.53. The molecule has 0 saturated heterocycles. The number of pyridine rings is 1. The maximum atomic E-state index is 2.26. The highest BCUT2D eigenvalue weighted by atomic mass is 127. The van der Waals surface area contributed by atoms with Crippen molar-refractivity contribution in [2.75, 3.05) is 11.9 Å². The lowest BCUT2D eigenvalue weighted by Gasteiger charge is -2.12. The Morgan fingerprint density at radius 3 is 2.52 bits per heavy atom. The molecule has 0 bridgehead atoms. The van der Waals surface area contributed by atoms with E-state index in [1.54, 1.807) is 0 Å². The number of benzene rings is 2. The van der Waals surface area contributed by atoms with E-state index in [9.17, 15) is 0 Å². The highest BCUT2D eigenvalue weighted by Gasteiger charge is 2.22. The molecule has 0 fully saturated rings. The van der Waals surface area contributed by atoms with Crippen LogP contribution in [0.2, 0.25) is 0 Å². The van der Waals surface area contributed by atoms with Gasteiger partial charge in [0.2, 0.25) is 11.2 Å². The first-order valence-electron chi connectivity index (χ1n) is 7.34. The second kappa shape index (κ2) is 6.53. The molecule has 4 heteroatoms. The highest BCUT2D eigenvalue weighted by Crippen LogP contribution is 2.45. The van der Waals surface area contributed by atoms with Gasteiger partial charge in [-0.25, -0.2) is 0 Å². The number of fused-ring (bicyclic) bond motifs is 2. The number of anilines is 1. The fraction of sp³-hybridized carbons (Fsp3) is 0.105. The zero-order valence-corrected chi connectivity index (χ0v) is 16.0. The van der Waals surface area contributed by atoms with E-state index in [4.69, 9.17) is 0 Å². The zero-order chi connectivity index (χ0) is 15.1. The topological polar surface area (TPSA) is 7.12 Å². The molecule has 1 aromatic heterocycles. The standard InChI is InChI=1S/C19H17N2S.HI/c1-20-15(12-11-14-7-3-4-8-16(14)20)13-19-21(2)17-9-5-6-10-18(17)22-19;/h3-13H,1-2H3;1H/q+1;/p-1. The van der Waals surface area contributed by atoms with Gasteiger partial charge in [0, 0.05) is 35.5 Å². The molecule has 0 amide bonds. The van der Waals surface area contributed by atoms with Gasteiger partial charge in [0.15, 0.2) is 0 Å². The van der Waals surface area contributed by atoms with E-state index in [1.165, 1.54) is 32.2 Å². The highest BCUT2D eigenvalue weighted by molar-refractivity contribution is 8.03. The average Bonchev–Trinajstić information content (AvgIpc) is 2.87. The number of para-hydroxylation sites is 2. The van der Waals surface area contributed by atoms with Crippen molar-refractivity contribution < 1.29 is 28.5 Å². The lowest BCUT2D eigenvalue weighted by Crippen LogP contribution is -3.00. The van der Waals surface area contributed by atoms with E-state index in [2.05, 4.69) is 90.3 Å². The Bertz CT molecular complexity index is 905. The third-order valence-electron chi connectivity index (χ3n) is 4.16. The SMILES string of the molecule is CN1C(=Cc2ccc3ccccc3[n+]2C)Sc2ccccc21.[I-]. The van der Waals surface area contributed by atoms with Crippen LogP contribution >= 0.6 is 11.8 Å². The van der Waals surface area contributed by atoms with Gasteiger partial charge in [-0.3, -0.25) is 0 Å². The van der Waals surface area contributed by atoms with E-state index in [0.717, 1.165) is 0 Å². The Labute approximate surface area is 157 Å². The molecule has 3 aromatic rings. The van der Waals surface area contributed by atoms with Crippen molar-refractivity contribution in [2.24, 2.45) is 7.05 Å². The molecule has 2 nitrogen and oxygen atoms in total. The monoisotopic (exact) mass is 432 g/mol. The maximum Gasteiger partial charge on any atom is 0.212 e. The number of thioether (sulfide) groups is 1. The molecule has 2 aromatic carbocycles. The molecule has 1 aliphatic rings. The molecular formula is C19H17IN2S. The summed E-state index contributed by atoms with van der Waals surface area (Å²) in [7, 11) is 4.26. The molecule has 0 N–H and O–H groups in total. The Morgan fingerprint density at radius 2 is 1.70 bits per heavy atom. The van der Waals surface area contributed by atoms with E-state index in [-0.39, 0.29) is 24.0 Å². The second-order valence-corrected chi connectivity index (χ2v) is 6.55. The number of rotatable bonds is 1. The first-order chi connectivity index (χ1) is 10.7. The Balaban J connectivity index is 0.00000156. The summed E-state index contributed by atoms with van der Waals surface area (Å²) in [5.74, 6) is 0. The quantitative estimate of drug-likeness (QED) is 0.422. The van der Waals surface area contributed by atoms with Crippen LogP contribution in [0.5, 0.6) is 0 Å². The Kier molecular flexibility index (Phi) is 4.64. The first kappa shape index (κ1) is 16.3. The van der Waals surface area contributed by atoms with Crippen molar-refractivity contribution in [3.05, 3.63) is 71.4 Å². The molecule has 116 valence electrons. The van der Waals surface area contributed by atoms with Crippen LogP contribution < -0.4 is 33.4 Å². The van der Waals surface area contributed by atoms with E-state index in [1.807, 2.05) is 11.8 Å². The van der Waals surface area contributed by atoms with Crippen LogP contribution in [0.3, 0.4) is 0 Å². The largest absolute Gasteiger partial charge is 1.00 e. The van der Waals surface area contributed by atoms with E-state index >= 15 is 0 Å².